The van der Waals surface area contributed by atoms with Gasteiger partial charge in [-0.2, -0.15) is 0 Å². The predicted octanol–water partition coefficient (Wildman–Crippen LogP) is 3.24. The number of carboxylic acids is 1. The van der Waals surface area contributed by atoms with Crippen molar-refractivity contribution in [3.05, 3.63) is 23.2 Å². The molecule has 0 aromatic carbocycles. The monoisotopic (exact) mass is 293 g/mol. The van der Waals surface area contributed by atoms with Crippen LogP contribution in [-0.4, -0.2) is 23.5 Å². The number of nitrogens with one attached hydrogen (secondary N) is 1. The third-order valence-corrected chi connectivity index (χ3v) is 4.40. The maximum Gasteiger partial charge on any atom is 0.339 e. The highest BCUT2D eigenvalue weighted by Gasteiger charge is 2.36. The van der Waals surface area contributed by atoms with Crippen molar-refractivity contribution >= 4 is 11.9 Å². The van der Waals surface area contributed by atoms with Gasteiger partial charge in [-0.05, 0) is 24.7 Å². The second-order valence-electron chi connectivity index (χ2n) is 5.89. The summed E-state index contributed by atoms with van der Waals surface area (Å²) in [7, 11) is 0. The Kier molecular flexibility index (Phi) is 4.70. The minimum absolute atomic E-state index is 0.0783. The van der Waals surface area contributed by atoms with Crippen molar-refractivity contribution in [3.8, 4) is 0 Å². The largest absolute Gasteiger partial charge is 0.478 e. The Morgan fingerprint density at radius 3 is 2.52 bits per heavy atom. The van der Waals surface area contributed by atoms with Crippen molar-refractivity contribution in [2.24, 2.45) is 5.41 Å². The lowest BCUT2D eigenvalue weighted by molar-refractivity contribution is 0.0694. The molecule has 1 aliphatic carbocycles. The molecule has 1 amide bonds. The quantitative estimate of drug-likeness (QED) is 0.808. The van der Waals surface area contributed by atoms with E-state index in [1.807, 2.05) is 0 Å². The van der Waals surface area contributed by atoms with Gasteiger partial charge >= 0.3 is 5.97 Å². The van der Waals surface area contributed by atoms with Gasteiger partial charge in [-0.3, -0.25) is 4.79 Å². The molecule has 0 atom stereocenters. The summed E-state index contributed by atoms with van der Waals surface area (Å²) in [5.41, 5.74) is 0.315. The van der Waals surface area contributed by atoms with Crippen LogP contribution in [0.1, 0.15) is 72.6 Å². The van der Waals surface area contributed by atoms with E-state index in [0.29, 0.717) is 18.7 Å². The number of carboxylic acid groups (broad SMARTS) is 1. The van der Waals surface area contributed by atoms with Crippen LogP contribution in [0.15, 0.2) is 10.5 Å². The fourth-order valence-electron chi connectivity index (χ4n) is 3.06. The normalized spacial score (nSPS) is 16.3. The molecule has 2 rings (SSSR count). The fourth-order valence-corrected chi connectivity index (χ4v) is 3.06. The zero-order valence-corrected chi connectivity index (χ0v) is 12.7. The molecule has 0 spiro atoms. The Balaban J connectivity index is 2.02. The van der Waals surface area contributed by atoms with Crippen LogP contribution in [0.3, 0.4) is 0 Å². The zero-order chi connectivity index (χ0) is 15.5. The maximum atomic E-state index is 12.1. The van der Waals surface area contributed by atoms with Crippen LogP contribution in [0.25, 0.3) is 0 Å². The number of amides is 1. The van der Waals surface area contributed by atoms with Gasteiger partial charge in [0, 0.05) is 19.0 Å². The van der Waals surface area contributed by atoms with Crippen molar-refractivity contribution in [1.82, 2.24) is 5.32 Å². The minimum Gasteiger partial charge on any atom is -0.478 e. The standard InChI is InChI=1S/C16H23NO4/c1-3-6-16(7-5-8-16)10-17-14(18)13-9-11(15(19)20)12(4-2)21-13/h9H,3-8,10H2,1-2H3,(H,17,18)(H,19,20). The Bertz CT molecular complexity index is 528. The molecule has 1 saturated carbocycles. The van der Waals surface area contributed by atoms with Crippen LogP contribution >= 0.6 is 0 Å². The second kappa shape index (κ2) is 6.33. The van der Waals surface area contributed by atoms with Gasteiger partial charge in [0.2, 0.25) is 0 Å². The van der Waals surface area contributed by atoms with Crippen LogP contribution in [0, 0.1) is 5.41 Å². The number of aryl methyl sites for hydroxylation is 1. The van der Waals surface area contributed by atoms with Crippen LogP contribution in [0.5, 0.6) is 0 Å². The van der Waals surface area contributed by atoms with Crippen LogP contribution in [-0.2, 0) is 6.42 Å². The van der Waals surface area contributed by atoms with E-state index in [-0.39, 0.29) is 22.6 Å². The highest BCUT2D eigenvalue weighted by molar-refractivity contribution is 5.96. The lowest BCUT2D eigenvalue weighted by Crippen LogP contribution is -2.42. The first-order chi connectivity index (χ1) is 10.0. The molecule has 0 aliphatic heterocycles. The van der Waals surface area contributed by atoms with Gasteiger partial charge in [-0.1, -0.05) is 26.7 Å². The van der Waals surface area contributed by atoms with Crippen LogP contribution < -0.4 is 5.32 Å². The highest BCUT2D eigenvalue weighted by atomic mass is 16.4. The van der Waals surface area contributed by atoms with Crippen molar-refractivity contribution < 1.29 is 19.1 Å². The first kappa shape index (κ1) is 15.6. The van der Waals surface area contributed by atoms with Crippen molar-refractivity contribution in [2.45, 2.75) is 52.4 Å². The summed E-state index contributed by atoms with van der Waals surface area (Å²) in [5, 5.41) is 12.0. The van der Waals surface area contributed by atoms with Crippen LogP contribution in [0.4, 0.5) is 0 Å². The third-order valence-electron chi connectivity index (χ3n) is 4.40. The lowest BCUT2D eigenvalue weighted by Gasteiger charge is -2.42. The van der Waals surface area contributed by atoms with E-state index in [1.54, 1.807) is 6.92 Å². The molecule has 0 radical (unpaired) electrons. The number of carbonyl (C=O) groups excluding carboxylic acids is 1. The van der Waals surface area contributed by atoms with Gasteiger partial charge < -0.3 is 14.8 Å². The zero-order valence-electron chi connectivity index (χ0n) is 12.7. The SMILES string of the molecule is CCCC1(CNC(=O)c2cc(C(=O)O)c(CC)o2)CCC1. The Hall–Kier alpha value is -1.78. The number of aromatic carboxylic acids is 1. The van der Waals surface area contributed by atoms with Gasteiger partial charge in [0.25, 0.3) is 5.91 Å². The van der Waals surface area contributed by atoms with E-state index in [4.69, 9.17) is 9.52 Å². The Morgan fingerprint density at radius 2 is 2.10 bits per heavy atom. The first-order valence-corrected chi connectivity index (χ1v) is 7.65. The average Bonchev–Trinajstić information content (AvgIpc) is 2.85. The molecule has 1 fully saturated rings. The van der Waals surface area contributed by atoms with E-state index in [0.717, 1.165) is 25.7 Å². The topological polar surface area (TPSA) is 79.5 Å². The lowest BCUT2D eigenvalue weighted by atomic mass is 9.66. The number of rotatable bonds is 7. The fraction of sp³-hybridized carbons (Fsp3) is 0.625. The summed E-state index contributed by atoms with van der Waals surface area (Å²) in [6.45, 7) is 4.60. The van der Waals surface area contributed by atoms with E-state index in [1.165, 1.54) is 12.5 Å². The van der Waals surface area contributed by atoms with E-state index in [2.05, 4.69) is 12.2 Å². The molecule has 0 unspecified atom stereocenters. The molecule has 1 aliphatic rings. The molecule has 1 aromatic rings. The summed E-state index contributed by atoms with van der Waals surface area (Å²) in [6, 6.07) is 1.32. The average molecular weight is 293 g/mol. The summed E-state index contributed by atoms with van der Waals surface area (Å²) in [6.07, 6.45) is 6.21. The number of hydrogen-bond acceptors (Lipinski definition) is 3. The van der Waals surface area contributed by atoms with Gasteiger partial charge in [-0.25, -0.2) is 4.79 Å². The summed E-state index contributed by atoms with van der Waals surface area (Å²) >= 11 is 0. The van der Waals surface area contributed by atoms with Gasteiger partial charge in [0.1, 0.15) is 11.3 Å². The molecule has 0 bridgehead atoms. The number of furan rings is 1. The first-order valence-electron chi connectivity index (χ1n) is 7.65. The smallest absolute Gasteiger partial charge is 0.339 e. The molecule has 21 heavy (non-hydrogen) atoms. The van der Waals surface area contributed by atoms with Gasteiger partial charge in [0.05, 0.1) is 0 Å². The van der Waals surface area contributed by atoms with E-state index >= 15 is 0 Å². The minimum atomic E-state index is -1.06. The van der Waals surface area contributed by atoms with E-state index in [9.17, 15) is 9.59 Å². The predicted molar refractivity (Wildman–Crippen MR) is 78.6 cm³/mol. The molecule has 2 N–H and O–H groups in total. The van der Waals surface area contributed by atoms with Gasteiger partial charge in [0.15, 0.2) is 5.76 Å². The van der Waals surface area contributed by atoms with Crippen molar-refractivity contribution in [3.63, 3.8) is 0 Å². The molecule has 116 valence electrons. The van der Waals surface area contributed by atoms with Crippen LogP contribution in [0.2, 0.25) is 0 Å². The maximum absolute atomic E-state index is 12.1. The molecule has 5 nitrogen and oxygen atoms in total. The molecule has 1 aromatic heterocycles. The summed E-state index contributed by atoms with van der Waals surface area (Å²) in [4.78, 5) is 23.2. The van der Waals surface area contributed by atoms with E-state index < -0.39 is 5.97 Å². The Morgan fingerprint density at radius 1 is 1.38 bits per heavy atom. The van der Waals surface area contributed by atoms with Crippen molar-refractivity contribution in [1.29, 1.82) is 0 Å². The number of hydrogen-bond donors (Lipinski definition) is 2. The molecule has 0 saturated heterocycles. The summed E-state index contributed by atoms with van der Waals surface area (Å²) < 4.78 is 5.37. The van der Waals surface area contributed by atoms with Crippen molar-refractivity contribution in [2.75, 3.05) is 6.54 Å². The molecular formula is C16H23NO4. The van der Waals surface area contributed by atoms with Gasteiger partial charge in [-0.15, -0.1) is 0 Å². The molecule has 1 heterocycles. The highest BCUT2D eigenvalue weighted by Crippen LogP contribution is 2.44. The molecular weight excluding hydrogens is 270 g/mol. The molecule has 5 heteroatoms. The second-order valence-corrected chi connectivity index (χ2v) is 5.89. The third kappa shape index (κ3) is 3.28. The Labute approximate surface area is 124 Å². The summed E-state index contributed by atoms with van der Waals surface area (Å²) in [5.74, 6) is -0.939. The number of carbonyl (C=O) groups is 2.